The van der Waals surface area contributed by atoms with Crippen LogP contribution in [0.1, 0.15) is 32.4 Å². The number of hydrogen-bond acceptors (Lipinski definition) is 2. The van der Waals surface area contributed by atoms with Crippen molar-refractivity contribution in [3.05, 3.63) is 30.2 Å². The Hall–Kier alpha value is -1.51. The fraction of sp³-hybridized carbons (Fsp3) is 0.462. The number of hydrogen-bond donors (Lipinski definition) is 0. The maximum atomic E-state index is 11.8. The number of rotatable bonds is 6. The van der Waals surface area contributed by atoms with Crippen LogP contribution in [0, 0.1) is 0 Å². The van der Waals surface area contributed by atoms with Crippen LogP contribution >= 0.6 is 0 Å². The van der Waals surface area contributed by atoms with Crippen molar-refractivity contribution in [1.29, 1.82) is 0 Å². The summed E-state index contributed by atoms with van der Waals surface area (Å²) in [6, 6.07) is 3.63. The lowest BCUT2D eigenvalue weighted by molar-refractivity contribution is -0.125. The van der Waals surface area contributed by atoms with E-state index in [9.17, 15) is 4.79 Å². The normalized spacial score (nSPS) is 10.9. The molecule has 3 nitrogen and oxygen atoms in total. The van der Waals surface area contributed by atoms with Crippen LogP contribution in [-0.4, -0.2) is 23.9 Å². The van der Waals surface area contributed by atoms with Crippen LogP contribution < -0.4 is 0 Å². The highest BCUT2D eigenvalue weighted by atomic mass is 16.3. The molecule has 0 atom stereocenters. The molecule has 1 rings (SSSR count). The maximum absolute atomic E-state index is 11.8. The molecule has 88 valence electrons. The van der Waals surface area contributed by atoms with Crippen molar-refractivity contribution in [2.24, 2.45) is 0 Å². The molecule has 0 aromatic carbocycles. The van der Waals surface area contributed by atoms with Gasteiger partial charge in [0.05, 0.1) is 6.26 Å². The van der Waals surface area contributed by atoms with E-state index in [4.69, 9.17) is 4.42 Å². The zero-order chi connectivity index (χ0) is 11.8. The third kappa shape index (κ3) is 3.93. The lowest BCUT2D eigenvalue weighted by atomic mass is 10.3. The van der Waals surface area contributed by atoms with Gasteiger partial charge in [-0.2, -0.15) is 0 Å². The van der Waals surface area contributed by atoms with Crippen molar-refractivity contribution in [3.8, 4) is 0 Å². The fourth-order valence-electron chi connectivity index (χ4n) is 1.42. The molecular formula is C13H19NO2. The average Bonchev–Trinajstić information content (AvgIpc) is 2.80. The van der Waals surface area contributed by atoms with Gasteiger partial charge in [0.25, 0.3) is 0 Å². The second-order valence-corrected chi connectivity index (χ2v) is 3.62. The molecule has 1 heterocycles. The van der Waals surface area contributed by atoms with Gasteiger partial charge in [-0.1, -0.05) is 13.3 Å². The van der Waals surface area contributed by atoms with Crippen LogP contribution in [0.4, 0.5) is 0 Å². The molecule has 0 saturated carbocycles. The number of likely N-dealkylation sites (N-methyl/N-ethyl adjacent to an activating group) is 1. The summed E-state index contributed by atoms with van der Waals surface area (Å²) in [5.41, 5.74) is 0. The molecule has 1 amide bonds. The van der Waals surface area contributed by atoms with Gasteiger partial charge in [0, 0.05) is 19.2 Å². The van der Waals surface area contributed by atoms with Crippen LogP contribution in [0.25, 0.3) is 6.08 Å². The molecule has 0 bridgehead atoms. The van der Waals surface area contributed by atoms with Crippen LogP contribution in [0.5, 0.6) is 0 Å². The van der Waals surface area contributed by atoms with Crippen LogP contribution in [0.2, 0.25) is 0 Å². The third-order valence-electron chi connectivity index (χ3n) is 2.41. The Balaban J connectivity index is 2.49. The highest BCUT2D eigenvalue weighted by molar-refractivity contribution is 5.91. The molecule has 1 aromatic heterocycles. The minimum atomic E-state index is 0.0485. The van der Waals surface area contributed by atoms with E-state index >= 15 is 0 Å². The molecule has 0 aliphatic heterocycles. The number of amides is 1. The number of unbranched alkanes of at least 4 members (excludes halogenated alkanes) is 1. The smallest absolute Gasteiger partial charge is 0.246 e. The van der Waals surface area contributed by atoms with Gasteiger partial charge in [0.15, 0.2) is 0 Å². The number of furan rings is 1. The minimum absolute atomic E-state index is 0.0485. The van der Waals surface area contributed by atoms with Gasteiger partial charge in [-0.3, -0.25) is 4.79 Å². The van der Waals surface area contributed by atoms with Gasteiger partial charge in [-0.05, 0) is 31.6 Å². The molecule has 0 unspecified atom stereocenters. The summed E-state index contributed by atoms with van der Waals surface area (Å²) < 4.78 is 5.12. The number of carbonyl (C=O) groups is 1. The molecule has 3 heteroatoms. The van der Waals surface area contributed by atoms with Crippen molar-refractivity contribution in [2.45, 2.75) is 26.7 Å². The lowest BCUT2D eigenvalue weighted by Crippen LogP contribution is -2.30. The van der Waals surface area contributed by atoms with E-state index in [-0.39, 0.29) is 5.91 Å². The van der Waals surface area contributed by atoms with E-state index in [1.807, 2.05) is 17.9 Å². The summed E-state index contributed by atoms with van der Waals surface area (Å²) in [7, 11) is 0. The van der Waals surface area contributed by atoms with Gasteiger partial charge in [0.2, 0.25) is 5.91 Å². The van der Waals surface area contributed by atoms with Crippen molar-refractivity contribution < 1.29 is 9.21 Å². The Labute approximate surface area is 96.7 Å². The second kappa shape index (κ2) is 6.88. The molecular weight excluding hydrogens is 202 g/mol. The summed E-state index contributed by atoms with van der Waals surface area (Å²) in [5, 5.41) is 0. The first-order valence-corrected chi connectivity index (χ1v) is 5.78. The fourth-order valence-corrected chi connectivity index (χ4v) is 1.42. The first kappa shape index (κ1) is 12.6. The van der Waals surface area contributed by atoms with Crippen LogP contribution in [0.15, 0.2) is 28.9 Å². The number of nitrogens with zero attached hydrogens (tertiary/aromatic N) is 1. The SMILES string of the molecule is CCCCN(CC)C(=O)/C=C/c1ccco1. The Morgan fingerprint density at radius 1 is 1.50 bits per heavy atom. The molecule has 0 radical (unpaired) electrons. The van der Waals surface area contributed by atoms with E-state index in [1.165, 1.54) is 0 Å². The summed E-state index contributed by atoms with van der Waals surface area (Å²) in [5.74, 6) is 0.757. The predicted octanol–water partition coefficient (Wildman–Crippen LogP) is 2.94. The topological polar surface area (TPSA) is 33.5 Å². The molecule has 0 aliphatic carbocycles. The first-order chi connectivity index (χ1) is 7.77. The molecule has 0 spiro atoms. The van der Waals surface area contributed by atoms with Gasteiger partial charge < -0.3 is 9.32 Å². The van der Waals surface area contributed by atoms with E-state index in [2.05, 4.69) is 6.92 Å². The van der Waals surface area contributed by atoms with Gasteiger partial charge >= 0.3 is 0 Å². The van der Waals surface area contributed by atoms with Crippen molar-refractivity contribution in [3.63, 3.8) is 0 Å². The quantitative estimate of drug-likeness (QED) is 0.692. The van der Waals surface area contributed by atoms with Crippen molar-refractivity contribution in [2.75, 3.05) is 13.1 Å². The third-order valence-corrected chi connectivity index (χ3v) is 2.41. The highest BCUT2D eigenvalue weighted by Gasteiger charge is 2.06. The first-order valence-electron chi connectivity index (χ1n) is 5.78. The Morgan fingerprint density at radius 2 is 2.31 bits per heavy atom. The molecule has 0 N–H and O–H groups in total. The molecule has 0 saturated heterocycles. The molecule has 1 aromatic rings. The highest BCUT2D eigenvalue weighted by Crippen LogP contribution is 2.04. The van der Waals surface area contributed by atoms with Crippen molar-refractivity contribution >= 4 is 12.0 Å². The molecule has 0 fully saturated rings. The molecule has 16 heavy (non-hydrogen) atoms. The summed E-state index contributed by atoms with van der Waals surface area (Å²) >= 11 is 0. The van der Waals surface area contributed by atoms with Crippen LogP contribution in [-0.2, 0) is 4.79 Å². The predicted molar refractivity (Wildman–Crippen MR) is 64.9 cm³/mol. The standard InChI is InChI=1S/C13H19NO2/c1-3-5-10-14(4-2)13(15)9-8-12-7-6-11-16-12/h6-9,11H,3-5,10H2,1-2H3/b9-8+. The largest absolute Gasteiger partial charge is 0.465 e. The zero-order valence-corrected chi connectivity index (χ0v) is 9.98. The van der Waals surface area contributed by atoms with Gasteiger partial charge in [0.1, 0.15) is 5.76 Å². The monoisotopic (exact) mass is 221 g/mol. The Kier molecular flexibility index (Phi) is 5.40. The van der Waals surface area contributed by atoms with E-state index in [0.717, 1.165) is 25.9 Å². The van der Waals surface area contributed by atoms with Crippen molar-refractivity contribution in [1.82, 2.24) is 4.90 Å². The van der Waals surface area contributed by atoms with Gasteiger partial charge in [-0.15, -0.1) is 0 Å². The van der Waals surface area contributed by atoms with Gasteiger partial charge in [-0.25, -0.2) is 0 Å². The minimum Gasteiger partial charge on any atom is -0.465 e. The van der Waals surface area contributed by atoms with E-state index < -0.39 is 0 Å². The Bertz CT molecular complexity index is 328. The summed E-state index contributed by atoms with van der Waals surface area (Å²) in [4.78, 5) is 13.6. The lowest BCUT2D eigenvalue weighted by Gasteiger charge is -2.18. The maximum Gasteiger partial charge on any atom is 0.246 e. The second-order valence-electron chi connectivity index (χ2n) is 3.62. The number of carbonyl (C=O) groups excluding carboxylic acids is 1. The van der Waals surface area contributed by atoms with E-state index in [1.54, 1.807) is 24.5 Å². The average molecular weight is 221 g/mol. The van der Waals surface area contributed by atoms with E-state index in [0.29, 0.717) is 5.76 Å². The van der Waals surface area contributed by atoms with Crippen LogP contribution in [0.3, 0.4) is 0 Å². The summed E-state index contributed by atoms with van der Waals surface area (Å²) in [6.07, 6.45) is 7.02. The summed E-state index contributed by atoms with van der Waals surface area (Å²) in [6.45, 7) is 5.70. The Morgan fingerprint density at radius 3 is 2.88 bits per heavy atom. The zero-order valence-electron chi connectivity index (χ0n) is 9.98. The molecule has 0 aliphatic rings.